The van der Waals surface area contributed by atoms with Crippen molar-refractivity contribution in [2.24, 2.45) is 5.73 Å². The molecule has 0 aliphatic carbocycles. The number of anilines is 1. The smallest absolute Gasteiger partial charge is 0.383 e. The van der Waals surface area contributed by atoms with Gasteiger partial charge >= 0.3 is 6.18 Å². The van der Waals surface area contributed by atoms with Crippen molar-refractivity contribution in [3.63, 3.8) is 0 Å². The number of nitrogens with one attached hydrogen (secondary N) is 1. The molecule has 3 N–H and O–H groups in total. The second-order valence-electron chi connectivity index (χ2n) is 3.58. The number of hydrogen-bond donors (Lipinski definition) is 2. The van der Waals surface area contributed by atoms with Crippen molar-refractivity contribution in [2.75, 3.05) is 25.6 Å². The van der Waals surface area contributed by atoms with Gasteiger partial charge in [-0.05, 0) is 12.1 Å². The largest absolute Gasteiger partial charge is 0.418 e. The Balaban J connectivity index is 2.90. The quantitative estimate of drug-likeness (QED) is 0.838. The van der Waals surface area contributed by atoms with Gasteiger partial charge in [-0.15, -0.1) is 0 Å². The van der Waals surface area contributed by atoms with Crippen molar-refractivity contribution < 1.29 is 17.9 Å². The molecule has 3 nitrogen and oxygen atoms in total. The van der Waals surface area contributed by atoms with Crippen molar-refractivity contribution in [3.8, 4) is 0 Å². The molecule has 0 fully saturated rings. The molecule has 0 spiro atoms. The van der Waals surface area contributed by atoms with Crippen LogP contribution in [0.1, 0.15) is 5.56 Å². The van der Waals surface area contributed by atoms with Crippen LogP contribution >= 0.6 is 0 Å². The first-order valence-electron chi connectivity index (χ1n) is 5.10. The van der Waals surface area contributed by atoms with E-state index in [9.17, 15) is 13.2 Å². The summed E-state index contributed by atoms with van der Waals surface area (Å²) in [5, 5.41) is 2.73. The van der Waals surface area contributed by atoms with E-state index in [0.29, 0.717) is 0 Å². The molecule has 1 aromatic rings. The topological polar surface area (TPSA) is 47.3 Å². The summed E-state index contributed by atoms with van der Waals surface area (Å²) in [6.07, 6.45) is -4.38. The van der Waals surface area contributed by atoms with Crippen LogP contribution < -0.4 is 11.1 Å². The van der Waals surface area contributed by atoms with Crippen molar-refractivity contribution in [1.29, 1.82) is 0 Å². The van der Waals surface area contributed by atoms with Crippen LogP contribution in [0.3, 0.4) is 0 Å². The number of methoxy groups -OCH3 is 1. The van der Waals surface area contributed by atoms with Crippen LogP contribution in [0.4, 0.5) is 18.9 Å². The molecule has 1 atom stereocenters. The Morgan fingerprint density at radius 1 is 1.35 bits per heavy atom. The van der Waals surface area contributed by atoms with Crippen LogP contribution in [-0.2, 0) is 10.9 Å². The Kier molecular flexibility index (Phi) is 4.77. The van der Waals surface area contributed by atoms with Crippen LogP contribution in [-0.4, -0.2) is 26.3 Å². The highest BCUT2D eigenvalue weighted by molar-refractivity contribution is 5.53. The first-order chi connectivity index (χ1) is 7.99. The molecule has 0 saturated carbocycles. The Morgan fingerprint density at radius 3 is 2.53 bits per heavy atom. The van der Waals surface area contributed by atoms with Gasteiger partial charge in [-0.2, -0.15) is 13.2 Å². The molecule has 0 radical (unpaired) electrons. The van der Waals surface area contributed by atoms with E-state index in [0.717, 1.165) is 6.07 Å². The normalized spacial score (nSPS) is 13.5. The monoisotopic (exact) mass is 248 g/mol. The number of rotatable bonds is 5. The molecular weight excluding hydrogens is 233 g/mol. The lowest BCUT2D eigenvalue weighted by Crippen LogP contribution is -2.33. The SMILES string of the molecule is COCC(CN)Nc1ccccc1C(F)(F)F. The first kappa shape index (κ1) is 13.8. The van der Waals surface area contributed by atoms with Gasteiger partial charge in [-0.3, -0.25) is 0 Å². The predicted octanol–water partition coefficient (Wildman–Crippen LogP) is 2.09. The van der Waals surface area contributed by atoms with E-state index in [2.05, 4.69) is 5.32 Å². The highest BCUT2D eigenvalue weighted by Gasteiger charge is 2.33. The van der Waals surface area contributed by atoms with E-state index >= 15 is 0 Å². The second kappa shape index (κ2) is 5.88. The molecule has 0 heterocycles. The molecule has 0 bridgehead atoms. The maximum atomic E-state index is 12.7. The molecule has 0 aliphatic rings. The first-order valence-corrected chi connectivity index (χ1v) is 5.10. The summed E-state index contributed by atoms with van der Waals surface area (Å²) >= 11 is 0. The minimum Gasteiger partial charge on any atom is -0.383 e. The zero-order chi connectivity index (χ0) is 12.9. The highest BCUT2D eigenvalue weighted by Crippen LogP contribution is 2.34. The van der Waals surface area contributed by atoms with E-state index in [1.807, 2.05) is 0 Å². The second-order valence-corrected chi connectivity index (χ2v) is 3.58. The zero-order valence-electron chi connectivity index (χ0n) is 9.42. The van der Waals surface area contributed by atoms with Crippen LogP contribution in [0.25, 0.3) is 0 Å². The number of nitrogens with two attached hydrogens (primary N) is 1. The Labute approximate surface area is 97.8 Å². The van der Waals surface area contributed by atoms with Crippen molar-refractivity contribution >= 4 is 5.69 Å². The fraction of sp³-hybridized carbons (Fsp3) is 0.455. The molecule has 0 aliphatic heterocycles. The summed E-state index contributed by atoms with van der Waals surface area (Å²) < 4.78 is 42.9. The molecule has 0 saturated heterocycles. The van der Waals surface area contributed by atoms with Crippen LogP contribution in [0.5, 0.6) is 0 Å². The van der Waals surface area contributed by atoms with E-state index in [1.165, 1.54) is 25.3 Å². The van der Waals surface area contributed by atoms with Gasteiger partial charge in [0.15, 0.2) is 0 Å². The van der Waals surface area contributed by atoms with Crippen molar-refractivity contribution in [3.05, 3.63) is 29.8 Å². The summed E-state index contributed by atoms with van der Waals surface area (Å²) in [7, 11) is 1.47. The number of benzene rings is 1. The third kappa shape index (κ3) is 3.90. The number of para-hydroxylation sites is 1. The van der Waals surface area contributed by atoms with Gasteiger partial charge in [-0.25, -0.2) is 0 Å². The fourth-order valence-electron chi connectivity index (χ4n) is 1.45. The van der Waals surface area contributed by atoms with Gasteiger partial charge in [0.05, 0.1) is 18.2 Å². The molecule has 1 unspecified atom stereocenters. The van der Waals surface area contributed by atoms with Gasteiger partial charge in [0.2, 0.25) is 0 Å². The Morgan fingerprint density at radius 2 is 2.00 bits per heavy atom. The Bertz CT molecular complexity index is 355. The van der Waals surface area contributed by atoms with Crippen LogP contribution in [0.15, 0.2) is 24.3 Å². The lowest BCUT2D eigenvalue weighted by molar-refractivity contribution is -0.137. The molecule has 6 heteroatoms. The summed E-state index contributed by atoms with van der Waals surface area (Å²) in [6, 6.07) is 4.95. The summed E-state index contributed by atoms with van der Waals surface area (Å²) in [4.78, 5) is 0. The fourth-order valence-corrected chi connectivity index (χ4v) is 1.45. The van der Waals surface area contributed by atoms with E-state index in [1.54, 1.807) is 0 Å². The van der Waals surface area contributed by atoms with Gasteiger partial charge in [0.1, 0.15) is 0 Å². The van der Waals surface area contributed by atoms with E-state index in [-0.39, 0.29) is 24.9 Å². The predicted molar refractivity (Wildman–Crippen MR) is 59.8 cm³/mol. The maximum Gasteiger partial charge on any atom is 0.418 e. The molecular formula is C11H15F3N2O. The highest BCUT2D eigenvalue weighted by atomic mass is 19.4. The molecule has 0 amide bonds. The van der Waals surface area contributed by atoms with Gasteiger partial charge in [0, 0.05) is 19.3 Å². The van der Waals surface area contributed by atoms with Gasteiger partial charge in [-0.1, -0.05) is 12.1 Å². The lowest BCUT2D eigenvalue weighted by atomic mass is 10.1. The summed E-state index contributed by atoms with van der Waals surface area (Å²) in [5.41, 5.74) is 4.76. The standard InChI is InChI=1S/C11H15F3N2O/c1-17-7-8(6-15)16-10-5-3-2-4-9(10)11(12,13)14/h2-5,8,16H,6-7,15H2,1H3. The number of hydrogen-bond acceptors (Lipinski definition) is 3. The summed E-state index contributed by atoms with van der Waals surface area (Å²) in [5.74, 6) is 0. The molecule has 0 aromatic heterocycles. The number of alkyl halides is 3. The third-order valence-corrected chi connectivity index (χ3v) is 2.24. The summed E-state index contributed by atoms with van der Waals surface area (Å²) in [6.45, 7) is 0.447. The average molecular weight is 248 g/mol. The molecule has 1 rings (SSSR count). The van der Waals surface area contributed by atoms with E-state index in [4.69, 9.17) is 10.5 Å². The third-order valence-electron chi connectivity index (χ3n) is 2.24. The maximum absolute atomic E-state index is 12.7. The van der Waals surface area contributed by atoms with Crippen LogP contribution in [0.2, 0.25) is 0 Å². The minimum absolute atomic E-state index is 0.0208. The zero-order valence-corrected chi connectivity index (χ0v) is 9.42. The van der Waals surface area contributed by atoms with Gasteiger partial charge < -0.3 is 15.8 Å². The number of ether oxygens (including phenoxy) is 1. The van der Waals surface area contributed by atoms with Gasteiger partial charge in [0.25, 0.3) is 0 Å². The minimum atomic E-state index is -4.38. The lowest BCUT2D eigenvalue weighted by Gasteiger charge is -2.20. The van der Waals surface area contributed by atoms with Crippen LogP contribution in [0, 0.1) is 0 Å². The Hall–Kier alpha value is -1.27. The number of halogens is 3. The molecule has 1 aromatic carbocycles. The van der Waals surface area contributed by atoms with Crippen molar-refractivity contribution in [2.45, 2.75) is 12.2 Å². The molecule has 96 valence electrons. The van der Waals surface area contributed by atoms with Crippen molar-refractivity contribution in [1.82, 2.24) is 0 Å². The molecule has 17 heavy (non-hydrogen) atoms. The van der Waals surface area contributed by atoms with E-state index < -0.39 is 11.7 Å². The average Bonchev–Trinajstić information content (AvgIpc) is 2.27.